The fraction of sp³-hybridized carbons (Fsp3) is 0.333. The number of hydrogen-bond acceptors (Lipinski definition) is 2. The van der Waals surface area contributed by atoms with Crippen LogP contribution in [0, 0.1) is 5.92 Å². The molecule has 0 bridgehead atoms. The molecule has 0 unspecified atom stereocenters. The molecule has 20 heavy (non-hydrogen) atoms. The summed E-state index contributed by atoms with van der Waals surface area (Å²) >= 11 is 0. The van der Waals surface area contributed by atoms with E-state index in [0.29, 0.717) is 11.7 Å². The van der Waals surface area contributed by atoms with Crippen molar-refractivity contribution in [2.24, 2.45) is 5.92 Å². The number of methoxy groups -OCH3 is 1. The van der Waals surface area contributed by atoms with E-state index in [-0.39, 0.29) is 0 Å². The molecule has 1 atom stereocenters. The first kappa shape index (κ1) is 13.0. The Labute approximate surface area is 120 Å². The first-order valence-electron chi connectivity index (χ1n) is 7.19. The van der Waals surface area contributed by atoms with Gasteiger partial charge in [0.15, 0.2) is 0 Å². The van der Waals surface area contributed by atoms with Gasteiger partial charge in [-0.2, -0.15) is 0 Å². The lowest BCUT2D eigenvalue weighted by Gasteiger charge is -2.25. The van der Waals surface area contributed by atoms with Crippen molar-refractivity contribution >= 4 is 0 Å². The summed E-state index contributed by atoms with van der Waals surface area (Å²) in [6, 6.07) is 14.1. The second-order valence-electron chi connectivity index (χ2n) is 5.58. The molecule has 0 aromatic heterocycles. The van der Waals surface area contributed by atoms with Gasteiger partial charge in [-0.3, -0.25) is 0 Å². The topological polar surface area (TPSA) is 29.5 Å². The van der Waals surface area contributed by atoms with Gasteiger partial charge in [0, 0.05) is 0 Å². The third kappa shape index (κ3) is 2.64. The molecule has 0 radical (unpaired) electrons. The maximum atomic E-state index is 9.89. The minimum Gasteiger partial charge on any atom is -0.508 e. The molecule has 0 saturated carbocycles. The van der Waals surface area contributed by atoms with Crippen molar-refractivity contribution in [3.05, 3.63) is 59.2 Å². The summed E-state index contributed by atoms with van der Waals surface area (Å²) in [6.45, 7) is 0. The maximum Gasteiger partial charge on any atom is 0.119 e. The number of ether oxygens (including phenoxy) is 1. The fourth-order valence-electron chi connectivity index (χ4n) is 3.10. The van der Waals surface area contributed by atoms with Crippen LogP contribution < -0.4 is 4.74 Å². The summed E-state index contributed by atoms with van der Waals surface area (Å²) in [7, 11) is 1.71. The van der Waals surface area contributed by atoms with Gasteiger partial charge in [0.1, 0.15) is 11.5 Å². The number of para-hydroxylation sites is 1. The average molecular weight is 268 g/mol. The van der Waals surface area contributed by atoms with Crippen molar-refractivity contribution in [3.8, 4) is 11.5 Å². The van der Waals surface area contributed by atoms with E-state index in [9.17, 15) is 5.11 Å². The highest BCUT2D eigenvalue weighted by atomic mass is 16.5. The molecular formula is C18H20O2. The van der Waals surface area contributed by atoms with Crippen molar-refractivity contribution in [2.45, 2.75) is 25.7 Å². The lowest BCUT2D eigenvalue weighted by atomic mass is 9.80. The minimum atomic E-state index is 0.424. The Balaban J connectivity index is 1.74. The first-order chi connectivity index (χ1) is 9.76. The Morgan fingerprint density at radius 1 is 1.15 bits per heavy atom. The van der Waals surface area contributed by atoms with Gasteiger partial charge in [0.2, 0.25) is 0 Å². The number of rotatable bonds is 3. The van der Waals surface area contributed by atoms with E-state index in [4.69, 9.17) is 4.74 Å². The number of phenols is 1. The Morgan fingerprint density at radius 2 is 2.00 bits per heavy atom. The summed E-state index contributed by atoms with van der Waals surface area (Å²) < 4.78 is 5.29. The number of fused-ring (bicyclic) bond motifs is 1. The summed E-state index contributed by atoms with van der Waals surface area (Å²) in [5.74, 6) is 1.99. The van der Waals surface area contributed by atoms with Gasteiger partial charge in [-0.15, -0.1) is 0 Å². The Morgan fingerprint density at radius 3 is 2.80 bits per heavy atom. The molecule has 0 spiro atoms. The number of aryl methyl sites for hydroxylation is 1. The summed E-state index contributed by atoms with van der Waals surface area (Å²) in [5, 5.41) is 9.89. The summed E-state index contributed by atoms with van der Waals surface area (Å²) in [5.41, 5.74) is 3.91. The van der Waals surface area contributed by atoms with Crippen LogP contribution >= 0.6 is 0 Å². The average Bonchev–Trinajstić information content (AvgIpc) is 2.49. The zero-order chi connectivity index (χ0) is 13.9. The maximum absolute atomic E-state index is 9.89. The molecular weight excluding hydrogens is 248 g/mol. The fourth-order valence-corrected chi connectivity index (χ4v) is 3.10. The van der Waals surface area contributed by atoms with E-state index in [1.807, 2.05) is 24.3 Å². The molecule has 1 N–H and O–H groups in total. The molecule has 1 aliphatic rings. The normalized spacial score (nSPS) is 17.6. The van der Waals surface area contributed by atoms with Crippen LogP contribution in [0.4, 0.5) is 0 Å². The predicted molar refractivity (Wildman–Crippen MR) is 80.3 cm³/mol. The number of benzene rings is 2. The largest absolute Gasteiger partial charge is 0.508 e. The molecule has 2 aromatic carbocycles. The number of phenolic OH excluding ortho intramolecular Hbond substituents is 1. The van der Waals surface area contributed by atoms with Crippen LogP contribution in [0.3, 0.4) is 0 Å². The van der Waals surface area contributed by atoms with E-state index in [1.54, 1.807) is 13.2 Å². The molecule has 0 aliphatic heterocycles. The molecule has 0 fully saturated rings. The highest BCUT2D eigenvalue weighted by Crippen LogP contribution is 2.31. The van der Waals surface area contributed by atoms with Gasteiger partial charge in [0.25, 0.3) is 0 Å². The van der Waals surface area contributed by atoms with Crippen LogP contribution in [0.1, 0.15) is 23.1 Å². The first-order valence-corrected chi connectivity index (χ1v) is 7.19. The van der Waals surface area contributed by atoms with Crippen LogP contribution in [-0.4, -0.2) is 12.2 Å². The van der Waals surface area contributed by atoms with Crippen molar-refractivity contribution in [1.82, 2.24) is 0 Å². The van der Waals surface area contributed by atoms with Gasteiger partial charge in [-0.05, 0) is 66.5 Å². The van der Waals surface area contributed by atoms with E-state index < -0.39 is 0 Å². The third-order valence-corrected chi connectivity index (χ3v) is 4.24. The van der Waals surface area contributed by atoms with Crippen molar-refractivity contribution in [2.75, 3.05) is 7.11 Å². The molecule has 2 aromatic rings. The highest BCUT2D eigenvalue weighted by Gasteiger charge is 2.20. The second-order valence-corrected chi connectivity index (χ2v) is 5.58. The molecule has 2 nitrogen and oxygen atoms in total. The quantitative estimate of drug-likeness (QED) is 0.918. The Hall–Kier alpha value is -1.96. The summed E-state index contributed by atoms with van der Waals surface area (Å²) in [6.07, 6.45) is 4.32. The zero-order valence-corrected chi connectivity index (χ0v) is 11.8. The zero-order valence-electron chi connectivity index (χ0n) is 11.8. The van der Waals surface area contributed by atoms with Crippen molar-refractivity contribution in [1.29, 1.82) is 0 Å². The van der Waals surface area contributed by atoms with Gasteiger partial charge >= 0.3 is 0 Å². The molecule has 0 amide bonds. The van der Waals surface area contributed by atoms with Gasteiger partial charge in [0.05, 0.1) is 7.11 Å². The molecule has 3 rings (SSSR count). The monoisotopic (exact) mass is 268 g/mol. The van der Waals surface area contributed by atoms with Crippen LogP contribution in [0.5, 0.6) is 11.5 Å². The Kier molecular flexibility index (Phi) is 3.64. The molecule has 104 valence electrons. The number of hydrogen-bond donors (Lipinski definition) is 1. The van der Waals surface area contributed by atoms with Crippen molar-refractivity contribution in [3.63, 3.8) is 0 Å². The van der Waals surface area contributed by atoms with Crippen LogP contribution in [0.2, 0.25) is 0 Å². The lowest BCUT2D eigenvalue weighted by molar-refractivity contribution is 0.409. The lowest BCUT2D eigenvalue weighted by Crippen LogP contribution is -2.16. The SMILES string of the molecule is COc1ccc2c(c1)CC[C@@H](Cc1ccccc1O)C2. The molecule has 0 saturated heterocycles. The smallest absolute Gasteiger partial charge is 0.119 e. The van der Waals surface area contributed by atoms with Gasteiger partial charge < -0.3 is 9.84 Å². The van der Waals surface area contributed by atoms with E-state index in [1.165, 1.54) is 17.5 Å². The standard InChI is InChI=1S/C18H20O2/c1-20-17-9-8-14-10-13(6-7-15(14)12-17)11-16-4-2-3-5-18(16)19/h2-5,8-9,12-13,19H,6-7,10-11H2,1H3/t13-/m1/s1. The summed E-state index contributed by atoms with van der Waals surface area (Å²) in [4.78, 5) is 0. The van der Waals surface area contributed by atoms with Crippen LogP contribution in [0.25, 0.3) is 0 Å². The van der Waals surface area contributed by atoms with Crippen LogP contribution in [0.15, 0.2) is 42.5 Å². The van der Waals surface area contributed by atoms with E-state index in [2.05, 4.69) is 12.1 Å². The molecule has 1 aliphatic carbocycles. The second kappa shape index (κ2) is 5.58. The molecule has 0 heterocycles. The molecule has 2 heteroatoms. The van der Waals surface area contributed by atoms with E-state index >= 15 is 0 Å². The minimum absolute atomic E-state index is 0.424. The number of aromatic hydroxyl groups is 1. The van der Waals surface area contributed by atoms with Gasteiger partial charge in [-0.1, -0.05) is 24.3 Å². The van der Waals surface area contributed by atoms with Gasteiger partial charge in [-0.25, -0.2) is 0 Å². The predicted octanol–water partition coefficient (Wildman–Crippen LogP) is 3.75. The van der Waals surface area contributed by atoms with E-state index in [0.717, 1.165) is 30.6 Å². The highest BCUT2D eigenvalue weighted by molar-refractivity contribution is 5.38. The Bertz CT molecular complexity index is 604. The van der Waals surface area contributed by atoms with Crippen LogP contribution in [-0.2, 0) is 19.3 Å². The van der Waals surface area contributed by atoms with Crippen molar-refractivity contribution < 1.29 is 9.84 Å². The third-order valence-electron chi connectivity index (χ3n) is 4.24.